The van der Waals surface area contributed by atoms with Crippen LogP contribution in [0.1, 0.15) is 12.5 Å². The second-order valence-corrected chi connectivity index (χ2v) is 5.18. The van der Waals surface area contributed by atoms with Gasteiger partial charge in [-0.05, 0) is 30.2 Å². The zero-order valence-corrected chi connectivity index (χ0v) is 14.2. The van der Waals surface area contributed by atoms with E-state index in [4.69, 9.17) is 14.2 Å². The molecule has 0 saturated heterocycles. The van der Waals surface area contributed by atoms with Gasteiger partial charge < -0.3 is 19.5 Å². The van der Waals surface area contributed by atoms with Gasteiger partial charge in [0.15, 0.2) is 6.79 Å². The third-order valence-corrected chi connectivity index (χ3v) is 3.46. The van der Waals surface area contributed by atoms with Crippen molar-refractivity contribution in [3.8, 4) is 22.6 Å². The zero-order chi connectivity index (χ0) is 17.2. The molecule has 0 amide bonds. The number of nitrogens with one attached hydrogen (secondary N) is 1. The number of hydrogen-bond acceptors (Lipinski definition) is 4. The Labute approximate surface area is 142 Å². The van der Waals surface area contributed by atoms with Gasteiger partial charge in [0.05, 0.1) is 12.2 Å². The van der Waals surface area contributed by atoms with E-state index in [1.54, 1.807) is 7.11 Å². The van der Waals surface area contributed by atoms with E-state index in [1.807, 2.05) is 49.4 Å². The molecule has 24 heavy (non-hydrogen) atoms. The molecule has 2 aromatic rings. The highest BCUT2D eigenvalue weighted by Crippen LogP contribution is 2.38. The lowest BCUT2D eigenvalue weighted by Gasteiger charge is -2.16. The number of halogens is 1. The first-order chi connectivity index (χ1) is 11.8. The summed E-state index contributed by atoms with van der Waals surface area (Å²) >= 11 is 0. The molecule has 0 radical (unpaired) electrons. The summed E-state index contributed by atoms with van der Waals surface area (Å²) in [6, 6.07) is 13.8. The highest BCUT2D eigenvalue weighted by molar-refractivity contribution is 5.77. The van der Waals surface area contributed by atoms with Crippen molar-refractivity contribution in [1.29, 1.82) is 0 Å². The monoisotopic (exact) mass is 333 g/mol. The first-order valence-electron chi connectivity index (χ1n) is 8.03. The van der Waals surface area contributed by atoms with Crippen molar-refractivity contribution in [2.45, 2.75) is 13.5 Å². The number of alkyl halides is 1. The summed E-state index contributed by atoms with van der Waals surface area (Å²) in [6.45, 7) is 3.35. The van der Waals surface area contributed by atoms with Gasteiger partial charge in [0.25, 0.3) is 0 Å². The molecule has 2 aromatic carbocycles. The quantitative estimate of drug-likeness (QED) is 0.530. The summed E-state index contributed by atoms with van der Waals surface area (Å²) in [5.41, 5.74) is 3.00. The summed E-state index contributed by atoms with van der Waals surface area (Å²) < 4.78 is 28.6. The smallest absolute Gasteiger partial charge is 0.188 e. The standard InChI is InChI=1S/C19H24FNO3/c1-3-23-17-5-4-6-18(24-14-22-2)19(17)16-9-7-15(8-10-16)13-21-12-11-20/h4-10,21H,3,11-14H2,1-2H3. The summed E-state index contributed by atoms with van der Waals surface area (Å²) in [4.78, 5) is 0. The second kappa shape index (κ2) is 9.90. The SMILES string of the molecule is CCOc1cccc(OCOC)c1-c1ccc(CNCCF)cc1. The van der Waals surface area contributed by atoms with Gasteiger partial charge in [-0.1, -0.05) is 30.3 Å². The van der Waals surface area contributed by atoms with Crippen molar-refractivity contribution in [3.63, 3.8) is 0 Å². The van der Waals surface area contributed by atoms with Gasteiger partial charge in [-0.25, -0.2) is 4.39 Å². The third-order valence-electron chi connectivity index (χ3n) is 3.46. The summed E-state index contributed by atoms with van der Waals surface area (Å²) in [7, 11) is 1.59. The maximum absolute atomic E-state index is 12.1. The van der Waals surface area contributed by atoms with Crippen molar-refractivity contribution in [3.05, 3.63) is 48.0 Å². The average molecular weight is 333 g/mol. The first kappa shape index (κ1) is 18.2. The molecule has 0 saturated carbocycles. The number of rotatable bonds is 10. The van der Waals surface area contributed by atoms with Crippen molar-refractivity contribution in [2.75, 3.05) is 33.7 Å². The van der Waals surface area contributed by atoms with Gasteiger partial charge in [0.1, 0.15) is 18.2 Å². The number of hydrogen-bond donors (Lipinski definition) is 1. The van der Waals surface area contributed by atoms with Crippen molar-refractivity contribution in [1.82, 2.24) is 5.32 Å². The van der Waals surface area contributed by atoms with Gasteiger partial charge in [-0.3, -0.25) is 0 Å². The maximum atomic E-state index is 12.1. The van der Waals surface area contributed by atoms with Gasteiger partial charge in [0.2, 0.25) is 0 Å². The average Bonchev–Trinajstić information content (AvgIpc) is 2.61. The molecule has 5 heteroatoms. The van der Waals surface area contributed by atoms with E-state index in [-0.39, 0.29) is 13.5 Å². The minimum atomic E-state index is -0.361. The highest BCUT2D eigenvalue weighted by atomic mass is 19.1. The molecule has 0 fully saturated rings. The van der Waals surface area contributed by atoms with E-state index in [0.29, 0.717) is 25.4 Å². The Bertz CT molecular complexity index is 617. The second-order valence-electron chi connectivity index (χ2n) is 5.18. The zero-order valence-electron chi connectivity index (χ0n) is 14.2. The van der Waals surface area contributed by atoms with Crippen molar-refractivity contribution >= 4 is 0 Å². The Morgan fingerprint density at radius 3 is 2.33 bits per heavy atom. The van der Waals surface area contributed by atoms with Crippen LogP contribution < -0.4 is 14.8 Å². The molecule has 0 aliphatic carbocycles. The van der Waals surface area contributed by atoms with Crippen LogP contribution in [0, 0.1) is 0 Å². The van der Waals surface area contributed by atoms with Crippen LogP contribution in [0.4, 0.5) is 4.39 Å². The summed E-state index contributed by atoms with van der Waals surface area (Å²) in [6.07, 6.45) is 0. The first-order valence-corrected chi connectivity index (χ1v) is 8.03. The molecule has 4 nitrogen and oxygen atoms in total. The highest BCUT2D eigenvalue weighted by Gasteiger charge is 2.13. The van der Waals surface area contributed by atoms with Crippen LogP contribution in [0.2, 0.25) is 0 Å². The molecule has 0 bridgehead atoms. The van der Waals surface area contributed by atoms with Crippen LogP contribution in [0.25, 0.3) is 11.1 Å². The van der Waals surface area contributed by atoms with E-state index in [0.717, 1.165) is 22.4 Å². The molecular formula is C19H24FNO3. The van der Waals surface area contributed by atoms with Gasteiger partial charge in [-0.15, -0.1) is 0 Å². The molecule has 0 aliphatic rings. The molecule has 0 heterocycles. The third kappa shape index (κ3) is 4.94. The minimum absolute atomic E-state index is 0.174. The molecule has 0 spiro atoms. The van der Waals surface area contributed by atoms with Crippen LogP contribution in [0.3, 0.4) is 0 Å². The molecule has 1 N–H and O–H groups in total. The van der Waals surface area contributed by atoms with Crippen LogP contribution in [0.15, 0.2) is 42.5 Å². The molecule has 0 aromatic heterocycles. The Kier molecular flexibility index (Phi) is 7.52. The number of ether oxygens (including phenoxy) is 3. The molecule has 2 rings (SSSR count). The van der Waals surface area contributed by atoms with E-state index in [1.165, 1.54) is 0 Å². The Morgan fingerprint density at radius 2 is 1.71 bits per heavy atom. The maximum Gasteiger partial charge on any atom is 0.188 e. The lowest BCUT2D eigenvalue weighted by molar-refractivity contribution is 0.0514. The number of benzene rings is 2. The predicted molar refractivity (Wildman–Crippen MR) is 93.2 cm³/mol. The molecule has 0 unspecified atom stereocenters. The fourth-order valence-corrected chi connectivity index (χ4v) is 2.40. The van der Waals surface area contributed by atoms with E-state index in [9.17, 15) is 4.39 Å². The summed E-state index contributed by atoms with van der Waals surface area (Å²) in [5.74, 6) is 1.49. The van der Waals surface area contributed by atoms with E-state index in [2.05, 4.69) is 5.32 Å². The summed E-state index contributed by atoms with van der Waals surface area (Å²) in [5, 5.41) is 3.04. The number of methoxy groups -OCH3 is 1. The van der Waals surface area contributed by atoms with Crippen molar-refractivity contribution < 1.29 is 18.6 Å². The minimum Gasteiger partial charge on any atom is -0.493 e. The normalized spacial score (nSPS) is 10.6. The lowest BCUT2D eigenvalue weighted by Crippen LogP contribution is -2.15. The fraction of sp³-hybridized carbons (Fsp3) is 0.368. The van der Waals surface area contributed by atoms with Crippen LogP contribution >= 0.6 is 0 Å². The van der Waals surface area contributed by atoms with Gasteiger partial charge in [0, 0.05) is 20.2 Å². The van der Waals surface area contributed by atoms with E-state index >= 15 is 0 Å². The van der Waals surface area contributed by atoms with Crippen LogP contribution in [-0.4, -0.2) is 33.7 Å². The van der Waals surface area contributed by atoms with Gasteiger partial charge in [-0.2, -0.15) is 0 Å². The molecule has 0 atom stereocenters. The predicted octanol–water partition coefficient (Wildman–Crippen LogP) is 3.79. The van der Waals surface area contributed by atoms with Crippen LogP contribution in [-0.2, 0) is 11.3 Å². The molecule has 130 valence electrons. The molecular weight excluding hydrogens is 309 g/mol. The topological polar surface area (TPSA) is 39.7 Å². The Morgan fingerprint density at radius 1 is 1.00 bits per heavy atom. The Hall–Kier alpha value is -2.11. The Balaban J connectivity index is 2.27. The van der Waals surface area contributed by atoms with E-state index < -0.39 is 0 Å². The van der Waals surface area contributed by atoms with Gasteiger partial charge >= 0.3 is 0 Å². The molecule has 0 aliphatic heterocycles. The van der Waals surface area contributed by atoms with Crippen LogP contribution in [0.5, 0.6) is 11.5 Å². The van der Waals surface area contributed by atoms with Crippen molar-refractivity contribution in [2.24, 2.45) is 0 Å². The fourth-order valence-electron chi connectivity index (χ4n) is 2.40. The largest absolute Gasteiger partial charge is 0.493 e. The lowest BCUT2D eigenvalue weighted by atomic mass is 10.0.